The number of halogens is 3. The van der Waals surface area contributed by atoms with Crippen molar-refractivity contribution in [1.82, 2.24) is 0 Å². The lowest BCUT2D eigenvalue weighted by atomic mass is 10.2. The van der Waals surface area contributed by atoms with E-state index in [1.807, 2.05) is 0 Å². The lowest BCUT2D eigenvalue weighted by Crippen LogP contribution is -2.12. The zero-order chi connectivity index (χ0) is 15.6. The van der Waals surface area contributed by atoms with Crippen molar-refractivity contribution in [2.75, 3.05) is 5.32 Å². The summed E-state index contributed by atoms with van der Waals surface area (Å²) in [6, 6.07) is 10.5. The van der Waals surface area contributed by atoms with Crippen LogP contribution in [0.4, 0.5) is 5.69 Å². The SMILES string of the molecule is O=C(Nc1ccc(S(=O)(=O)Cl)cc1)c1cccc(Br)c1Cl. The van der Waals surface area contributed by atoms with E-state index in [1.54, 1.807) is 18.2 Å². The van der Waals surface area contributed by atoms with Gasteiger partial charge in [0.25, 0.3) is 15.0 Å². The molecule has 0 aliphatic heterocycles. The van der Waals surface area contributed by atoms with Gasteiger partial charge in [0.2, 0.25) is 0 Å². The fourth-order valence-corrected chi connectivity index (χ4v) is 2.93. The summed E-state index contributed by atoms with van der Waals surface area (Å²) >= 11 is 9.27. The summed E-state index contributed by atoms with van der Waals surface area (Å²) in [5.41, 5.74) is 0.736. The summed E-state index contributed by atoms with van der Waals surface area (Å²) in [6.45, 7) is 0. The van der Waals surface area contributed by atoms with Crippen LogP contribution in [0.1, 0.15) is 10.4 Å². The van der Waals surface area contributed by atoms with Gasteiger partial charge in [0, 0.05) is 20.8 Å². The maximum absolute atomic E-state index is 12.1. The van der Waals surface area contributed by atoms with Crippen molar-refractivity contribution in [2.45, 2.75) is 4.90 Å². The molecule has 2 rings (SSSR count). The fraction of sp³-hybridized carbons (Fsp3) is 0. The van der Waals surface area contributed by atoms with E-state index in [9.17, 15) is 13.2 Å². The van der Waals surface area contributed by atoms with E-state index < -0.39 is 15.0 Å². The lowest BCUT2D eigenvalue weighted by molar-refractivity contribution is 0.102. The van der Waals surface area contributed by atoms with Crippen LogP contribution in [0, 0.1) is 0 Å². The lowest BCUT2D eigenvalue weighted by Gasteiger charge is -2.08. The summed E-state index contributed by atoms with van der Waals surface area (Å²) < 4.78 is 22.9. The molecule has 0 spiro atoms. The highest BCUT2D eigenvalue weighted by Gasteiger charge is 2.13. The molecule has 2 aromatic carbocycles. The highest BCUT2D eigenvalue weighted by molar-refractivity contribution is 9.10. The van der Waals surface area contributed by atoms with Crippen LogP contribution in [0.3, 0.4) is 0 Å². The molecule has 0 radical (unpaired) electrons. The predicted molar refractivity (Wildman–Crippen MR) is 86.6 cm³/mol. The Hall–Kier alpha value is -1.08. The van der Waals surface area contributed by atoms with Crippen LogP contribution >= 0.6 is 38.2 Å². The fourth-order valence-electron chi connectivity index (χ4n) is 1.58. The molecule has 0 aromatic heterocycles. The molecule has 2 aromatic rings. The molecule has 0 aliphatic carbocycles. The van der Waals surface area contributed by atoms with E-state index in [0.29, 0.717) is 20.7 Å². The van der Waals surface area contributed by atoms with Gasteiger partial charge in [0.15, 0.2) is 0 Å². The summed E-state index contributed by atoms with van der Waals surface area (Å²) in [4.78, 5) is 12.1. The van der Waals surface area contributed by atoms with Crippen molar-refractivity contribution in [3.63, 3.8) is 0 Å². The molecular weight excluding hydrogens is 401 g/mol. The third kappa shape index (κ3) is 3.97. The minimum absolute atomic E-state index is 0.0392. The average molecular weight is 409 g/mol. The Morgan fingerprint density at radius 2 is 1.71 bits per heavy atom. The highest BCUT2D eigenvalue weighted by Crippen LogP contribution is 2.27. The van der Waals surface area contributed by atoms with Gasteiger partial charge in [-0.1, -0.05) is 17.7 Å². The minimum atomic E-state index is -3.78. The zero-order valence-electron chi connectivity index (χ0n) is 10.3. The average Bonchev–Trinajstić information content (AvgIpc) is 2.41. The number of hydrogen-bond donors (Lipinski definition) is 1. The Morgan fingerprint density at radius 1 is 1.10 bits per heavy atom. The molecule has 0 saturated carbocycles. The second-order valence-corrected chi connectivity index (χ2v) is 7.82. The van der Waals surface area contributed by atoms with Crippen molar-refractivity contribution in [3.8, 4) is 0 Å². The molecule has 110 valence electrons. The maximum atomic E-state index is 12.1. The zero-order valence-corrected chi connectivity index (χ0v) is 14.2. The van der Waals surface area contributed by atoms with E-state index in [1.165, 1.54) is 24.3 Å². The van der Waals surface area contributed by atoms with E-state index in [-0.39, 0.29) is 4.90 Å². The molecule has 0 aliphatic rings. The Kier molecular flexibility index (Phi) is 4.93. The maximum Gasteiger partial charge on any atom is 0.261 e. The molecule has 0 unspecified atom stereocenters. The number of carbonyl (C=O) groups is 1. The summed E-state index contributed by atoms with van der Waals surface area (Å²) in [6.07, 6.45) is 0. The first kappa shape index (κ1) is 16.3. The molecule has 1 N–H and O–H groups in total. The van der Waals surface area contributed by atoms with Crippen molar-refractivity contribution in [1.29, 1.82) is 0 Å². The van der Waals surface area contributed by atoms with Crippen LogP contribution in [-0.4, -0.2) is 14.3 Å². The molecule has 0 saturated heterocycles. The van der Waals surface area contributed by atoms with Gasteiger partial charge in [-0.2, -0.15) is 0 Å². The molecule has 4 nitrogen and oxygen atoms in total. The van der Waals surface area contributed by atoms with Crippen molar-refractivity contribution in [3.05, 3.63) is 57.5 Å². The summed E-state index contributed by atoms with van der Waals surface area (Å²) in [5.74, 6) is -0.400. The second-order valence-electron chi connectivity index (χ2n) is 4.02. The Morgan fingerprint density at radius 3 is 2.29 bits per heavy atom. The van der Waals surface area contributed by atoms with Crippen LogP contribution in [0.25, 0.3) is 0 Å². The van der Waals surface area contributed by atoms with Crippen LogP contribution in [0.2, 0.25) is 5.02 Å². The molecule has 0 fully saturated rings. The topological polar surface area (TPSA) is 63.2 Å². The summed E-state index contributed by atoms with van der Waals surface area (Å²) in [7, 11) is 1.43. The van der Waals surface area contributed by atoms with Gasteiger partial charge in [-0.3, -0.25) is 4.79 Å². The van der Waals surface area contributed by atoms with Gasteiger partial charge >= 0.3 is 0 Å². The van der Waals surface area contributed by atoms with E-state index >= 15 is 0 Å². The van der Waals surface area contributed by atoms with E-state index in [4.69, 9.17) is 22.3 Å². The van der Waals surface area contributed by atoms with Crippen molar-refractivity contribution < 1.29 is 13.2 Å². The normalized spacial score (nSPS) is 11.2. The molecule has 8 heteroatoms. The number of amides is 1. The molecule has 0 atom stereocenters. The van der Waals surface area contributed by atoms with Crippen molar-refractivity contribution >= 4 is 58.9 Å². The van der Waals surface area contributed by atoms with E-state index in [0.717, 1.165) is 0 Å². The predicted octanol–water partition coefficient (Wildman–Crippen LogP) is 4.28. The first-order valence-corrected chi connectivity index (χ1v) is 9.07. The Balaban J connectivity index is 2.22. The van der Waals surface area contributed by atoms with Gasteiger partial charge in [0.1, 0.15) is 0 Å². The molecule has 21 heavy (non-hydrogen) atoms. The molecule has 0 heterocycles. The molecular formula is C13H8BrCl2NO3S. The Labute approximate surface area is 139 Å². The second kappa shape index (κ2) is 6.36. The number of anilines is 1. The molecule has 0 bridgehead atoms. The Bertz CT molecular complexity index is 792. The quantitative estimate of drug-likeness (QED) is 0.770. The first-order valence-electron chi connectivity index (χ1n) is 5.59. The first-order chi connectivity index (χ1) is 9.79. The van der Waals surface area contributed by atoms with Gasteiger partial charge in [0.05, 0.1) is 15.5 Å². The number of carbonyl (C=O) groups excluding carboxylic acids is 1. The van der Waals surface area contributed by atoms with Gasteiger partial charge < -0.3 is 5.32 Å². The standard InChI is InChI=1S/C13H8BrCl2NO3S/c14-11-3-1-2-10(12(11)15)13(18)17-8-4-6-9(7-5-8)21(16,19)20/h1-7H,(H,17,18). The van der Waals surface area contributed by atoms with Crippen LogP contribution in [-0.2, 0) is 9.05 Å². The molecule has 1 amide bonds. The number of benzene rings is 2. The third-order valence-electron chi connectivity index (χ3n) is 2.59. The van der Waals surface area contributed by atoms with Gasteiger partial charge in [-0.05, 0) is 52.3 Å². The third-order valence-corrected chi connectivity index (χ3v) is 5.26. The number of rotatable bonds is 3. The smallest absolute Gasteiger partial charge is 0.261 e. The monoisotopic (exact) mass is 407 g/mol. The summed E-state index contributed by atoms with van der Waals surface area (Å²) in [5, 5.41) is 2.92. The van der Waals surface area contributed by atoms with Gasteiger partial charge in [-0.25, -0.2) is 8.42 Å². The minimum Gasteiger partial charge on any atom is -0.322 e. The highest BCUT2D eigenvalue weighted by atomic mass is 79.9. The van der Waals surface area contributed by atoms with Crippen LogP contribution < -0.4 is 5.32 Å². The largest absolute Gasteiger partial charge is 0.322 e. The van der Waals surface area contributed by atoms with Crippen LogP contribution in [0.15, 0.2) is 51.8 Å². The van der Waals surface area contributed by atoms with Gasteiger partial charge in [-0.15, -0.1) is 0 Å². The van der Waals surface area contributed by atoms with E-state index in [2.05, 4.69) is 21.2 Å². The van der Waals surface area contributed by atoms with Crippen LogP contribution in [0.5, 0.6) is 0 Å². The number of nitrogens with one attached hydrogen (secondary N) is 1. The van der Waals surface area contributed by atoms with Crippen molar-refractivity contribution in [2.24, 2.45) is 0 Å². The number of hydrogen-bond acceptors (Lipinski definition) is 3.